The van der Waals surface area contributed by atoms with Crippen LogP contribution in [0.15, 0.2) is 61.4 Å². The molecule has 1 unspecified atom stereocenters. The highest BCUT2D eigenvalue weighted by atomic mass is 14.6. The van der Waals surface area contributed by atoms with Crippen molar-refractivity contribution in [1.29, 1.82) is 0 Å². The van der Waals surface area contributed by atoms with Crippen LogP contribution in [0.3, 0.4) is 0 Å². The van der Waals surface area contributed by atoms with Gasteiger partial charge in [-0.1, -0.05) is 36.4 Å². The average Bonchev–Trinajstić information content (AvgIpc) is 2.74. The van der Waals surface area contributed by atoms with Crippen molar-refractivity contribution in [1.82, 2.24) is 4.98 Å². The van der Waals surface area contributed by atoms with Crippen molar-refractivity contribution < 1.29 is 0 Å². The Bertz CT molecular complexity index is 386. The van der Waals surface area contributed by atoms with Gasteiger partial charge in [-0.3, -0.25) is 0 Å². The summed E-state index contributed by atoms with van der Waals surface area (Å²) in [6, 6.07) is 12.5. The number of aromatic nitrogens is 1. The van der Waals surface area contributed by atoms with Crippen LogP contribution in [0.25, 0.3) is 0 Å². The fourth-order valence-electron chi connectivity index (χ4n) is 1.66. The Morgan fingerprint density at radius 1 is 1.07 bits per heavy atom. The summed E-state index contributed by atoms with van der Waals surface area (Å²) in [5.74, 6) is 0.294. The van der Waals surface area contributed by atoms with Crippen LogP contribution in [0, 0.1) is 0 Å². The lowest BCUT2D eigenvalue weighted by atomic mass is 9.94. The minimum Gasteiger partial charge on any atom is -0.367 e. The lowest BCUT2D eigenvalue weighted by Crippen LogP contribution is -1.94. The lowest BCUT2D eigenvalue weighted by molar-refractivity contribution is 1.03. The topological polar surface area (TPSA) is 15.8 Å². The molecule has 14 heavy (non-hydrogen) atoms. The van der Waals surface area contributed by atoms with E-state index in [0.717, 1.165) is 0 Å². The molecule has 1 nitrogen and oxygen atoms in total. The number of hydrogen-bond donors (Lipinski definition) is 1. The zero-order valence-electron chi connectivity index (χ0n) is 7.98. The molecule has 1 aromatic carbocycles. The van der Waals surface area contributed by atoms with Crippen LogP contribution in [-0.2, 0) is 0 Å². The highest BCUT2D eigenvalue weighted by molar-refractivity contribution is 5.34. The average molecular weight is 183 g/mol. The third-order valence-electron chi connectivity index (χ3n) is 2.38. The highest BCUT2D eigenvalue weighted by Gasteiger charge is 2.09. The Hall–Kier alpha value is -1.76. The summed E-state index contributed by atoms with van der Waals surface area (Å²) in [7, 11) is 0. The van der Waals surface area contributed by atoms with E-state index in [2.05, 4.69) is 41.9 Å². The molecule has 1 atom stereocenters. The van der Waals surface area contributed by atoms with Gasteiger partial charge in [0.15, 0.2) is 0 Å². The van der Waals surface area contributed by atoms with E-state index in [9.17, 15) is 0 Å². The molecule has 0 bridgehead atoms. The fourth-order valence-corrected chi connectivity index (χ4v) is 1.66. The molecule has 1 N–H and O–H groups in total. The number of H-pyrrole nitrogens is 1. The molecule has 70 valence electrons. The zero-order valence-corrected chi connectivity index (χ0v) is 7.98. The van der Waals surface area contributed by atoms with Gasteiger partial charge in [0.25, 0.3) is 0 Å². The maximum atomic E-state index is 3.88. The molecule has 0 saturated heterocycles. The van der Waals surface area contributed by atoms with E-state index in [1.165, 1.54) is 11.1 Å². The zero-order chi connectivity index (χ0) is 9.80. The number of allylic oxidation sites excluding steroid dienone is 1. The van der Waals surface area contributed by atoms with Gasteiger partial charge in [0.05, 0.1) is 0 Å². The number of aromatic amines is 1. The van der Waals surface area contributed by atoms with E-state index in [0.29, 0.717) is 5.92 Å². The van der Waals surface area contributed by atoms with E-state index in [4.69, 9.17) is 0 Å². The normalized spacial score (nSPS) is 12.3. The van der Waals surface area contributed by atoms with Gasteiger partial charge in [0.1, 0.15) is 0 Å². The molecule has 0 aliphatic rings. The van der Waals surface area contributed by atoms with Gasteiger partial charge in [-0.05, 0) is 17.2 Å². The molecule has 1 heterocycles. The summed E-state index contributed by atoms with van der Waals surface area (Å²) in [4.78, 5) is 3.07. The first-order valence-electron chi connectivity index (χ1n) is 4.72. The van der Waals surface area contributed by atoms with E-state index >= 15 is 0 Å². The maximum absolute atomic E-state index is 3.88. The minimum absolute atomic E-state index is 0.294. The van der Waals surface area contributed by atoms with Crippen molar-refractivity contribution in [3.05, 3.63) is 72.6 Å². The molecule has 0 aliphatic heterocycles. The molecule has 0 aliphatic carbocycles. The SMILES string of the molecule is C=CC(c1ccccc1)c1cc[nH]c1. The summed E-state index contributed by atoms with van der Waals surface area (Å²) in [6.45, 7) is 3.88. The van der Waals surface area contributed by atoms with Crippen molar-refractivity contribution in [2.75, 3.05) is 0 Å². The number of rotatable bonds is 3. The van der Waals surface area contributed by atoms with Crippen LogP contribution >= 0.6 is 0 Å². The molecule has 0 saturated carbocycles. The third-order valence-corrected chi connectivity index (χ3v) is 2.38. The van der Waals surface area contributed by atoms with Gasteiger partial charge in [0, 0.05) is 18.3 Å². The molecular formula is C13H13N. The summed E-state index contributed by atoms with van der Waals surface area (Å²) >= 11 is 0. The summed E-state index contributed by atoms with van der Waals surface area (Å²) in [6.07, 6.45) is 5.92. The van der Waals surface area contributed by atoms with Crippen LogP contribution in [0.5, 0.6) is 0 Å². The number of nitrogens with one attached hydrogen (secondary N) is 1. The molecule has 1 aromatic heterocycles. The van der Waals surface area contributed by atoms with Gasteiger partial charge >= 0.3 is 0 Å². The van der Waals surface area contributed by atoms with Gasteiger partial charge in [-0.2, -0.15) is 0 Å². The third kappa shape index (κ3) is 1.62. The summed E-state index contributed by atoms with van der Waals surface area (Å²) < 4.78 is 0. The van der Waals surface area contributed by atoms with Gasteiger partial charge in [-0.25, -0.2) is 0 Å². The van der Waals surface area contributed by atoms with Crippen molar-refractivity contribution in [3.8, 4) is 0 Å². The first kappa shape index (κ1) is 8.82. The molecule has 1 heteroatoms. The summed E-state index contributed by atoms with van der Waals surface area (Å²) in [5, 5.41) is 0. The Kier molecular flexibility index (Phi) is 2.50. The molecule has 2 rings (SSSR count). The van der Waals surface area contributed by atoms with Crippen LogP contribution in [-0.4, -0.2) is 4.98 Å². The van der Waals surface area contributed by atoms with E-state index in [-0.39, 0.29) is 0 Å². The number of hydrogen-bond acceptors (Lipinski definition) is 0. The first-order valence-corrected chi connectivity index (χ1v) is 4.72. The highest BCUT2D eigenvalue weighted by Crippen LogP contribution is 2.24. The van der Waals surface area contributed by atoms with Crippen LogP contribution in [0.4, 0.5) is 0 Å². The van der Waals surface area contributed by atoms with Crippen molar-refractivity contribution >= 4 is 0 Å². The van der Waals surface area contributed by atoms with Crippen LogP contribution in [0.2, 0.25) is 0 Å². The Balaban J connectivity index is 2.36. The Morgan fingerprint density at radius 3 is 2.43 bits per heavy atom. The Morgan fingerprint density at radius 2 is 1.86 bits per heavy atom. The molecular weight excluding hydrogens is 170 g/mol. The summed E-state index contributed by atoms with van der Waals surface area (Å²) in [5.41, 5.74) is 2.54. The lowest BCUT2D eigenvalue weighted by Gasteiger charge is -2.10. The smallest absolute Gasteiger partial charge is 0.0281 e. The van der Waals surface area contributed by atoms with Gasteiger partial charge in [0.2, 0.25) is 0 Å². The van der Waals surface area contributed by atoms with E-state index < -0.39 is 0 Å². The molecule has 0 spiro atoms. The molecule has 0 amide bonds. The minimum atomic E-state index is 0.294. The molecule has 0 radical (unpaired) electrons. The fraction of sp³-hybridized carbons (Fsp3) is 0.0769. The van der Waals surface area contributed by atoms with Gasteiger partial charge < -0.3 is 4.98 Å². The second kappa shape index (κ2) is 3.97. The quantitative estimate of drug-likeness (QED) is 0.702. The van der Waals surface area contributed by atoms with E-state index in [1.807, 2.05) is 24.5 Å². The van der Waals surface area contributed by atoms with Crippen LogP contribution < -0.4 is 0 Å². The van der Waals surface area contributed by atoms with E-state index in [1.54, 1.807) is 0 Å². The van der Waals surface area contributed by atoms with Crippen molar-refractivity contribution in [2.45, 2.75) is 5.92 Å². The predicted octanol–water partition coefficient (Wildman–Crippen LogP) is 3.33. The monoisotopic (exact) mass is 183 g/mol. The molecule has 0 fully saturated rings. The Labute approximate surface area is 84.1 Å². The number of benzene rings is 1. The second-order valence-corrected chi connectivity index (χ2v) is 3.27. The van der Waals surface area contributed by atoms with Crippen LogP contribution in [0.1, 0.15) is 17.0 Å². The van der Waals surface area contributed by atoms with Gasteiger partial charge in [-0.15, -0.1) is 6.58 Å². The second-order valence-electron chi connectivity index (χ2n) is 3.27. The van der Waals surface area contributed by atoms with Crippen molar-refractivity contribution in [2.24, 2.45) is 0 Å². The molecule has 2 aromatic rings. The van der Waals surface area contributed by atoms with Crippen molar-refractivity contribution in [3.63, 3.8) is 0 Å². The maximum Gasteiger partial charge on any atom is 0.0281 e. The predicted molar refractivity (Wildman–Crippen MR) is 59.3 cm³/mol. The largest absolute Gasteiger partial charge is 0.367 e. The first-order chi connectivity index (χ1) is 6.92. The standard InChI is InChI=1S/C13H13N/c1-2-13(12-8-9-14-10-12)11-6-4-3-5-7-11/h2-10,13-14H,1H2.